The summed E-state index contributed by atoms with van der Waals surface area (Å²) in [4.78, 5) is 12.2. The summed E-state index contributed by atoms with van der Waals surface area (Å²) in [5.41, 5.74) is 2.13. The lowest BCUT2D eigenvalue weighted by Crippen LogP contribution is -2.12. The monoisotopic (exact) mass is 299 g/mol. The largest absolute Gasteiger partial charge is 0.490 e. The first-order valence-corrected chi connectivity index (χ1v) is 7.56. The van der Waals surface area contributed by atoms with Crippen molar-refractivity contribution in [1.29, 1.82) is 0 Å². The van der Waals surface area contributed by atoms with Gasteiger partial charge in [-0.25, -0.2) is 0 Å². The maximum atomic E-state index is 12.2. The van der Waals surface area contributed by atoms with Gasteiger partial charge in [-0.15, -0.1) is 0 Å². The lowest BCUT2D eigenvalue weighted by atomic mass is 10.2. The minimum Gasteiger partial charge on any atom is -0.490 e. The molecule has 1 fully saturated rings. The van der Waals surface area contributed by atoms with Gasteiger partial charge in [0.25, 0.3) is 5.91 Å². The minimum absolute atomic E-state index is 0.224. The Labute approximate surface area is 127 Å². The van der Waals surface area contributed by atoms with Crippen LogP contribution in [0, 0.1) is 0 Å². The number of hydrogen-bond acceptors (Lipinski definition) is 4. The molecule has 2 aliphatic rings. The highest BCUT2D eigenvalue weighted by Gasteiger charge is 2.26. The van der Waals surface area contributed by atoms with Gasteiger partial charge in [0.05, 0.1) is 13.2 Å². The predicted molar refractivity (Wildman–Crippen MR) is 80.6 cm³/mol. The number of hydrogen-bond donors (Lipinski definition) is 2. The first kappa shape index (κ1) is 13.2. The minimum atomic E-state index is -0.224. The molecule has 1 amide bonds. The third kappa shape index (κ3) is 2.64. The van der Waals surface area contributed by atoms with Gasteiger partial charge in [0, 0.05) is 29.8 Å². The molecule has 1 aliphatic carbocycles. The zero-order valence-corrected chi connectivity index (χ0v) is 12.1. The van der Waals surface area contributed by atoms with Gasteiger partial charge in [-0.2, -0.15) is 5.10 Å². The third-order valence-electron chi connectivity index (χ3n) is 3.85. The number of nitrogens with zero attached hydrogens (tertiary/aromatic N) is 1. The fourth-order valence-corrected chi connectivity index (χ4v) is 2.49. The van der Waals surface area contributed by atoms with E-state index in [9.17, 15) is 4.79 Å². The summed E-state index contributed by atoms with van der Waals surface area (Å²) in [6.07, 6.45) is 3.20. The Bertz CT molecular complexity index is 706. The molecule has 0 spiro atoms. The van der Waals surface area contributed by atoms with Gasteiger partial charge in [0.1, 0.15) is 0 Å². The normalized spacial score (nSPS) is 16.9. The molecule has 1 aliphatic heterocycles. The van der Waals surface area contributed by atoms with E-state index in [0.29, 0.717) is 42.0 Å². The first-order valence-electron chi connectivity index (χ1n) is 7.56. The first-order chi connectivity index (χ1) is 10.8. The lowest BCUT2D eigenvalue weighted by Gasteiger charge is -2.09. The Hall–Kier alpha value is -2.50. The molecule has 2 aromatic rings. The van der Waals surface area contributed by atoms with Crippen LogP contribution in [-0.4, -0.2) is 29.3 Å². The van der Waals surface area contributed by atoms with Crippen LogP contribution in [0.25, 0.3) is 0 Å². The summed E-state index contributed by atoms with van der Waals surface area (Å²) in [5, 5.41) is 9.86. The Morgan fingerprint density at radius 2 is 2.00 bits per heavy atom. The van der Waals surface area contributed by atoms with Crippen LogP contribution in [0.5, 0.6) is 11.5 Å². The van der Waals surface area contributed by atoms with E-state index in [1.807, 2.05) is 12.1 Å². The second-order valence-corrected chi connectivity index (χ2v) is 5.65. The molecule has 0 saturated heterocycles. The number of benzene rings is 1. The van der Waals surface area contributed by atoms with E-state index in [2.05, 4.69) is 15.5 Å². The highest BCUT2D eigenvalue weighted by Crippen LogP contribution is 2.39. The number of rotatable bonds is 3. The predicted octanol–water partition coefficient (Wildman–Crippen LogP) is 2.70. The van der Waals surface area contributed by atoms with Gasteiger partial charge in [-0.05, 0) is 31.0 Å². The molecule has 1 aromatic carbocycles. The van der Waals surface area contributed by atoms with Crippen LogP contribution in [0.3, 0.4) is 0 Å². The van der Waals surface area contributed by atoms with E-state index in [1.54, 1.807) is 12.1 Å². The summed E-state index contributed by atoms with van der Waals surface area (Å²) in [7, 11) is 0. The number of H-pyrrole nitrogens is 1. The van der Waals surface area contributed by atoms with Gasteiger partial charge in [0.15, 0.2) is 17.2 Å². The second kappa shape index (κ2) is 5.36. The molecule has 22 heavy (non-hydrogen) atoms. The third-order valence-corrected chi connectivity index (χ3v) is 3.85. The summed E-state index contributed by atoms with van der Waals surface area (Å²) in [6.45, 7) is 1.27. The van der Waals surface area contributed by atoms with Crippen molar-refractivity contribution in [2.24, 2.45) is 0 Å². The molecule has 0 bridgehead atoms. The van der Waals surface area contributed by atoms with E-state index in [1.165, 1.54) is 12.8 Å². The van der Waals surface area contributed by atoms with Crippen LogP contribution >= 0.6 is 0 Å². The highest BCUT2D eigenvalue weighted by atomic mass is 16.5. The van der Waals surface area contributed by atoms with E-state index < -0.39 is 0 Å². The zero-order chi connectivity index (χ0) is 14.9. The molecule has 2 heterocycles. The van der Waals surface area contributed by atoms with Gasteiger partial charge in [0.2, 0.25) is 0 Å². The summed E-state index contributed by atoms with van der Waals surface area (Å²) in [6, 6.07) is 7.24. The van der Waals surface area contributed by atoms with Crippen molar-refractivity contribution in [3.8, 4) is 11.5 Å². The topological polar surface area (TPSA) is 76.2 Å². The fraction of sp³-hybridized carbons (Fsp3) is 0.375. The van der Waals surface area contributed by atoms with Crippen LogP contribution in [0.1, 0.15) is 41.4 Å². The summed E-state index contributed by atoms with van der Waals surface area (Å²) >= 11 is 0. The molecule has 114 valence electrons. The Kier molecular flexibility index (Phi) is 3.21. The molecule has 1 aromatic heterocycles. The average Bonchev–Trinajstić information content (AvgIpc) is 3.30. The number of fused-ring (bicyclic) bond motifs is 1. The molecule has 6 nitrogen and oxygen atoms in total. The fourth-order valence-electron chi connectivity index (χ4n) is 2.49. The van der Waals surface area contributed by atoms with E-state index in [0.717, 1.165) is 12.1 Å². The van der Waals surface area contributed by atoms with Gasteiger partial charge in [-0.3, -0.25) is 9.89 Å². The summed E-state index contributed by atoms with van der Waals surface area (Å²) in [5.74, 6) is 1.70. The van der Waals surface area contributed by atoms with Crippen molar-refractivity contribution in [1.82, 2.24) is 10.2 Å². The van der Waals surface area contributed by atoms with Gasteiger partial charge in [-0.1, -0.05) is 0 Å². The van der Waals surface area contributed by atoms with Crippen LogP contribution in [0.15, 0.2) is 24.3 Å². The lowest BCUT2D eigenvalue weighted by molar-refractivity contribution is 0.102. The van der Waals surface area contributed by atoms with Crippen molar-refractivity contribution in [2.45, 2.75) is 25.2 Å². The maximum absolute atomic E-state index is 12.2. The summed E-state index contributed by atoms with van der Waals surface area (Å²) < 4.78 is 11.2. The van der Waals surface area contributed by atoms with Crippen molar-refractivity contribution in [3.63, 3.8) is 0 Å². The number of aromatic nitrogens is 2. The van der Waals surface area contributed by atoms with Gasteiger partial charge >= 0.3 is 0 Å². The average molecular weight is 299 g/mol. The second-order valence-electron chi connectivity index (χ2n) is 5.65. The number of amides is 1. The molecular formula is C16H17N3O3. The van der Waals surface area contributed by atoms with E-state index in [4.69, 9.17) is 9.47 Å². The number of nitrogens with one attached hydrogen (secondary N) is 2. The Balaban J connectivity index is 1.49. The van der Waals surface area contributed by atoms with Crippen LogP contribution in [0.2, 0.25) is 0 Å². The molecule has 4 rings (SSSR count). The quantitative estimate of drug-likeness (QED) is 0.913. The zero-order valence-electron chi connectivity index (χ0n) is 12.1. The van der Waals surface area contributed by atoms with Crippen LogP contribution in [-0.2, 0) is 0 Å². The number of carbonyl (C=O) groups excluding carboxylic acids is 1. The number of anilines is 1. The SMILES string of the molecule is O=C(Nc1ccc2c(c1)OCCCO2)c1cc(C2CC2)[nH]n1. The standard InChI is InChI=1S/C16H17N3O3/c20-16(13-9-12(18-19-13)10-2-3-10)17-11-4-5-14-15(8-11)22-7-1-6-21-14/h4-5,8-10H,1-3,6-7H2,(H,17,20)(H,18,19). The molecule has 0 unspecified atom stereocenters. The highest BCUT2D eigenvalue weighted by molar-refractivity contribution is 6.03. The molecular weight excluding hydrogens is 282 g/mol. The Morgan fingerprint density at radius 1 is 1.18 bits per heavy atom. The van der Waals surface area contributed by atoms with Crippen molar-refractivity contribution >= 4 is 11.6 Å². The van der Waals surface area contributed by atoms with Crippen LogP contribution < -0.4 is 14.8 Å². The smallest absolute Gasteiger partial charge is 0.276 e. The van der Waals surface area contributed by atoms with Crippen molar-refractivity contribution in [2.75, 3.05) is 18.5 Å². The van der Waals surface area contributed by atoms with Gasteiger partial charge < -0.3 is 14.8 Å². The Morgan fingerprint density at radius 3 is 2.82 bits per heavy atom. The molecule has 6 heteroatoms. The van der Waals surface area contributed by atoms with Crippen molar-refractivity contribution in [3.05, 3.63) is 35.7 Å². The van der Waals surface area contributed by atoms with E-state index >= 15 is 0 Å². The van der Waals surface area contributed by atoms with Crippen molar-refractivity contribution < 1.29 is 14.3 Å². The number of carbonyl (C=O) groups is 1. The molecule has 1 saturated carbocycles. The number of aromatic amines is 1. The molecule has 0 radical (unpaired) electrons. The van der Waals surface area contributed by atoms with Crippen LogP contribution in [0.4, 0.5) is 5.69 Å². The molecule has 2 N–H and O–H groups in total. The maximum Gasteiger partial charge on any atom is 0.276 e. The van der Waals surface area contributed by atoms with E-state index in [-0.39, 0.29) is 5.91 Å². The number of ether oxygens (including phenoxy) is 2. The molecule has 0 atom stereocenters.